The van der Waals surface area contributed by atoms with Gasteiger partial charge in [-0.15, -0.1) is 11.3 Å². The van der Waals surface area contributed by atoms with Crippen molar-refractivity contribution < 1.29 is 4.79 Å². The first-order valence-electron chi connectivity index (χ1n) is 6.31. The van der Waals surface area contributed by atoms with Crippen LogP contribution in [0.25, 0.3) is 0 Å². The molecule has 0 aliphatic carbocycles. The Balaban J connectivity index is 2.11. The molecule has 1 atom stereocenters. The fourth-order valence-corrected chi connectivity index (χ4v) is 3.17. The molecule has 1 N–H and O–H groups in total. The van der Waals surface area contributed by atoms with Gasteiger partial charge in [-0.3, -0.25) is 4.79 Å². The van der Waals surface area contributed by atoms with Crippen LogP contribution in [0.5, 0.6) is 0 Å². The minimum atomic E-state index is -0.0277. The van der Waals surface area contributed by atoms with Crippen molar-refractivity contribution in [1.82, 2.24) is 9.88 Å². The maximum atomic E-state index is 12.3. The van der Waals surface area contributed by atoms with E-state index in [9.17, 15) is 4.79 Å². The molecule has 5 heteroatoms. The number of hydrogen-bond acceptors (Lipinski definition) is 2. The van der Waals surface area contributed by atoms with Gasteiger partial charge in [-0.2, -0.15) is 0 Å². The molecular formula is C14H17BrN2OS. The number of thiophene rings is 1. The first-order valence-corrected chi connectivity index (χ1v) is 7.99. The minimum absolute atomic E-state index is 0.0277. The summed E-state index contributed by atoms with van der Waals surface area (Å²) in [5, 5.41) is 5.06. The molecule has 0 aliphatic heterocycles. The van der Waals surface area contributed by atoms with Gasteiger partial charge < -0.3 is 9.88 Å². The second-order valence-electron chi connectivity index (χ2n) is 4.45. The van der Waals surface area contributed by atoms with Crippen LogP contribution in [0, 0.1) is 0 Å². The van der Waals surface area contributed by atoms with Crippen LogP contribution in [-0.2, 0) is 6.54 Å². The van der Waals surface area contributed by atoms with Gasteiger partial charge >= 0.3 is 0 Å². The summed E-state index contributed by atoms with van der Waals surface area (Å²) in [6.45, 7) is 4.96. The number of amides is 1. The summed E-state index contributed by atoms with van der Waals surface area (Å²) in [6.07, 6.45) is 2.95. The van der Waals surface area contributed by atoms with E-state index < -0.39 is 0 Å². The molecule has 2 aromatic rings. The standard InChI is InChI=1S/C14H17BrN2OS/c1-3-6-17-9-11(15)8-12(17)14(18)16-10(2)13-5-4-7-19-13/h4-5,7-10H,3,6H2,1-2H3,(H,16,18). The zero-order valence-electron chi connectivity index (χ0n) is 11.0. The number of carbonyl (C=O) groups is 1. The highest BCUT2D eigenvalue weighted by molar-refractivity contribution is 9.10. The number of halogens is 1. The third kappa shape index (κ3) is 3.48. The molecule has 102 valence electrons. The Morgan fingerprint density at radius 3 is 3.00 bits per heavy atom. The van der Waals surface area contributed by atoms with Gasteiger partial charge in [-0.1, -0.05) is 13.0 Å². The highest BCUT2D eigenvalue weighted by atomic mass is 79.9. The van der Waals surface area contributed by atoms with E-state index in [4.69, 9.17) is 0 Å². The molecule has 1 unspecified atom stereocenters. The zero-order chi connectivity index (χ0) is 13.8. The highest BCUT2D eigenvalue weighted by Gasteiger charge is 2.16. The van der Waals surface area contributed by atoms with E-state index >= 15 is 0 Å². The molecule has 2 aromatic heterocycles. The summed E-state index contributed by atoms with van der Waals surface area (Å²) in [6, 6.07) is 5.94. The first-order chi connectivity index (χ1) is 9.11. The molecule has 0 fully saturated rings. The monoisotopic (exact) mass is 340 g/mol. The second-order valence-corrected chi connectivity index (χ2v) is 6.34. The van der Waals surface area contributed by atoms with Gasteiger partial charge in [0.05, 0.1) is 6.04 Å². The minimum Gasteiger partial charge on any atom is -0.343 e. The molecule has 19 heavy (non-hydrogen) atoms. The van der Waals surface area contributed by atoms with Crippen LogP contribution in [0.3, 0.4) is 0 Å². The molecule has 0 saturated heterocycles. The van der Waals surface area contributed by atoms with Crippen molar-refractivity contribution in [3.8, 4) is 0 Å². The smallest absolute Gasteiger partial charge is 0.268 e. The lowest BCUT2D eigenvalue weighted by Gasteiger charge is -2.13. The average molecular weight is 341 g/mol. The van der Waals surface area contributed by atoms with Gasteiger partial charge in [0.1, 0.15) is 5.69 Å². The Bertz CT molecular complexity index is 548. The number of nitrogens with zero attached hydrogens (tertiary/aromatic N) is 1. The van der Waals surface area contributed by atoms with E-state index in [1.807, 2.05) is 41.3 Å². The third-order valence-electron chi connectivity index (χ3n) is 2.88. The maximum Gasteiger partial charge on any atom is 0.268 e. The van der Waals surface area contributed by atoms with Crippen molar-refractivity contribution in [1.29, 1.82) is 0 Å². The predicted octanol–water partition coefficient (Wildman–Crippen LogP) is 4.21. The highest BCUT2D eigenvalue weighted by Crippen LogP contribution is 2.20. The van der Waals surface area contributed by atoms with E-state index in [0.29, 0.717) is 5.69 Å². The van der Waals surface area contributed by atoms with Crippen molar-refractivity contribution in [3.63, 3.8) is 0 Å². The molecule has 3 nitrogen and oxygen atoms in total. The fraction of sp³-hybridized carbons (Fsp3) is 0.357. The number of hydrogen-bond donors (Lipinski definition) is 1. The van der Waals surface area contributed by atoms with Crippen LogP contribution in [0.2, 0.25) is 0 Å². The Kier molecular flexibility index (Phi) is 4.82. The molecule has 0 aromatic carbocycles. The summed E-state index contributed by atoms with van der Waals surface area (Å²) in [5.41, 5.74) is 0.706. The van der Waals surface area contributed by atoms with E-state index in [1.54, 1.807) is 11.3 Å². The van der Waals surface area contributed by atoms with Gasteiger partial charge in [-0.05, 0) is 46.8 Å². The topological polar surface area (TPSA) is 34.0 Å². The summed E-state index contributed by atoms with van der Waals surface area (Å²) in [5.74, 6) is -0.0277. The number of rotatable bonds is 5. The predicted molar refractivity (Wildman–Crippen MR) is 82.6 cm³/mol. The van der Waals surface area contributed by atoms with E-state index in [1.165, 1.54) is 4.88 Å². The Labute approximate surface area is 125 Å². The second kappa shape index (κ2) is 6.39. The molecule has 0 spiro atoms. The maximum absolute atomic E-state index is 12.3. The van der Waals surface area contributed by atoms with Crippen molar-refractivity contribution in [2.24, 2.45) is 0 Å². The van der Waals surface area contributed by atoms with Gasteiger partial charge in [0.2, 0.25) is 0 Å². The SMILES string of the molecule is CCCn1cc(Br)cc1C(=O)NC(C)c1cccs1. The van der Waals surface area contributed by atoms with E-state index in [0.717, 1.165) is 17.4 Å². The first kappa shape index (κ1) is 14.3. The van der Waals surface area contributed by atoms with Crippen molar-refractivity contribution >= 4 is 33.2 Å². The van der Waals surface area contributed by atoms with Crippen LogP contribution >= 0.6 is 27.3 Å². The molecule has 0 radical (unpaired) electrons. The summed E-state index contributed by atoms with van der Waals surface area (Å²) in [7, 11) is 0. The van der Waals surface area contributed by atoms with E-state index in [-0.39, 0.29) is 11.9 Å². The van der Waals surface area contributed by atoms with Gasteiger partial charge in [0.15, 0.2) is 0 Å². The van der Waals surface area contributed by atoms with Crippen molar-refractivity contribution in [2.45, 2.75) is 32.9 Å². The lowest BCUT2D eigenvalue weighted by molar-refractivity contribution is 0.0931. The van der Waals surface area contributed by atoms with Crippen molar-refractivity contribution in [3.05, 3.63) is 44.8 Å². The molecule has 2 heterocycles. The van der Waals surface area contributed by atoms with Gasteiger partial charge in [-0.25, -0.2) is 0 Å². The number of nitrogens with one attached hydrogen (secondary N) is 1. The average Bonchev–Trinajstić information content (AvgIpc) is 2.99. The van der Waals surface area contributed by atoms with Crippen LogP contribution in [0.4, 0.5) is 0 Å². The lowest BCUT2D eigenvalue weighted by atomic mass is 10.2. The number of aromatic nitrogens is 1. The van der Waals surface area contributed by atoms with Crippen LogP contribution in [0.1, 0.15) is 41.7 Å². The normalized spacial score (nSPS) is 12.4. The number of aryl methyl sites for hydroxylation is 1. The van der Waals surface area contributed by atoms with Crippen LogP contribution in [0.15, 0.2) is 34.2 Å². The van der Waals surface area contributed by atoms with Crippen LogP contribution < -0.4 is 5.32 Å². The summed E-state index contributed by atoms with van der Waals surface area (Å²) in [4.78, 5) is 13.5. The van der Waals surface area contributed by atoms with E-state index in [2.05, 4.69) is 28.2 Å². The zero-order valence-corrected chi connectivity index (χ0v) is 13.4. The van der Waals surface area contributed by atoms with Crippen molar-refractivity contribution in [2.75, 3.05) is 0 Å². The molecule has 0 aliphatic rings. The quantitative estimate of drug-likeness (QED) is 0.868. The Morgan fingerprint density at radius 2 is 2.37 bits per heavy atom. The van der Waals surface area contributed by atoms with Gasteiger partial charge in [0, 0.05) is 22.1 Å². The Hall–Kier alpha value is -1.07. The van der Waals surface area contributed by atoms with Crippen LogP contribution in [-0.4, -0.2) is 10.5 Å². The molecule has 0 bridgehead atoms. The molecule has 0 saturated carbocycles. The van der Waals surface area contributed by atoms with Gasteiger partial charge in [0.25, 0.3) is 5.91 Å². The Morgan fingerprint density at radius 1 is 1.58 bits per heavy atom. The number of carbonyl (C=O) groups excluding carboxylic acids is 1. The third-order valence-corrected chi connectivity index (χ3v) is 4.37. The fourth-order valence-electron chi connectivity index (χ4n) is 1.97. The summed E-state index contributed by atoms with van der Waals surface area (Å²) < 4.78 is 2.93. The lowest BCUT2D eigenvalue weighted by Crippen LogP contribution is -2.28. The molecule has 2 rings (SSSR count). The largest absolute Gasteiger partial charge is 0.343 e. The molecular weight excluding hydrogens is 324 g/mol. The molecule has 1 amide bonds. The summed E-state index contributed by atoms with van der Waals surface area (Å²) >= 11 is 5.08.